The minimum atomic E-state index is -0.405. The van der Waals surface area contributed by atoms with E-state index in [9.17, 15) is 9.59 Å². The lowest BCUT2D eigenvalue weighted by atomic mass is 9.82. The zero-order chi connectivity index (χ0) is 17.3. The van der Waals surface area contributed by atoms with E-state index >= 15 is 0 Å². The first-order chi connectivity index (χ1) is 11.5. The van der Waals surface area contributed by atoms with E-state index in [2.05, 4.69) is 24.2 Å². The van der Waals surface area contributed by atoms with Gasteiger partial charge in [0.25, 0.3) is 5.91 Å². The number of carbonyl (C=O) groups is 2. The Hall–Kier alpha value is -2.46. The summed E-state index contributed by atoms with van der Waals surface area (Å²) in [6.45, 7) is 4.11. The van der Waals surface area contributed by atoms with Crippen LogP contribution in [0.2, 0.25) is 5.02 Å². The minimum Gasteiger partial charge on any atom is -0.325 e. The molecular weight excluding hydrogens is 324 g/mol. The molecule has 0 aromatic heterocycles. The molecule has 2 aliphatic rings. The zero-order valence-corrected chi connectivity index (χ0v) is 14.2. The molecule has 0 saturated carbocycles. The number of nitrogens with zero attached hydrogens (tertiary/aromatic N) is 1. The highest BCUT2D eigenvalue weighted by molar-refractivity contribution is 6.34. The highest BCUT2D eigenvalue weighted by Crippen LogP contribution is 2.31. The van der Waals surface area contributed by atoms with Crippen molar-refractivity contribution in [2.75, 3.05) is 0 Å². The predicted molar refractivity (Wildman–Crippen MR) is 95.0 cm³/mol. The fourth-order valence-corrected chi connectivity index (χ4v) is 3.04. The van der Waals surface area contributed by atoms with Gasteiger partial charge in [0.2, 0.25) is 5.91 Å². The van der Waals surface area contributed by atoms with Gasteiger partial charge >= 0.3 is 0 Å². The Bertz CT molecular complexity index is 832. The summed E-state index contributed by atoms with van der Waals surface area (Å²) in [6, 6.07) is 6.79. The molecule has 1 aliphatic heterocycles. The van der Waals surface area contributed by atoms with E-state index in [0.29, 0.717) is 16.3 Å². The van der Waals surface area contributed by atoms with Crippen LogP contribution in [0.25, 0.3) is 0 Å². The Morgan fingerprint density at radius 2 is 2.00 bits per heavy atom. The normalized spacial score (nSPS) is 21.2. The molecule has 0 fully saturated rings. The molecule has 1 unspecified atom stereocenters. The van der Waals surface area contributed by atoms with Crippen LogP contribution in [0.1, 0.15) is 24.2 Å². The second kappa shape index (κ2) is 6.57. The molecule has 3 rings (SSSR count). The van der Waals surface area contributed by atoms with Gasteiger partial charge in [-0.2, -0.15) is 0 Å². The number of fused-ring (bicyclic) bond motifs is 1. The second-order valence-corrected chi connectivity index (χ2v) is 6.45. The van der Waals surface area contributed by atoms with Crippen molar-refractivity contribution in [3.05, 3.63) is 70.4 Å². The van der Waals surface area contributed by atoms with Gasteiger partial charge in [-0.25, -0.2) is 4.99 Å². The Labute approximate surface area is 145 Å². The third-order valence-corrected chi connectivity index (χ3v) is 4.35. The maximum absolute atomic E-state index is 12.3. The predicted octanol–water partition coefficient (Wildman–Crippen LogP) is 3.70. The molecule has 1 heterocycles. The smallest absolute Gasteiger partial charge is 0.279 e. The van der Waals surface area contributed by atoms with Gasteiger partial charge in [0.15, 0.2) is 0 Å². The van der Waals surface area contributed by atoms with Gasteiger partial charge in [-0.15, -0.1) is 0 Å². The summed E-state index contributed by atoms with van der Waals surface area (Å²) in [5.74, 6) is -0.264. The van der Waals surface area contributed by atoms with Crippen molar-refractivity contribution in [2.45, 2.75) is 13.8 Å². The summed E-state index contributed by atoms with van der Waals surface area (Å²) in [7, 11) is 0. The summed E-state index contributed by atoms with van der Waals surface area (Å²) in [4.78, 5) is 28.3. The number of carbonyl (C=O) groups excluding carboxylic acids is 2. The van der Waals surface area contributed by atoms with E-state index in [1.165, 1.54) is 0 Å². The van der Waals surface area contributed by atoms with E-state index in [-0.39, 0.29) is 17.7 Å². The standard InChI is InChI=1S/C19H17ClN2O2/c1-11(2)15-10-18(23)22-17-9-12(7-8-13(15)17)21-19(24)14-5-3-4-6-16(14)20/h3-11,13H,1-2H3,(H,22,23). The van der Waals surface area contributed by atoms with Gasteiger partial charge in [-0.3, -0.25) is 9.59 Å². The molecule has 0 spiro atoms. The maximum Gasteiger partial charge on any atom is 0.279 e. The number of nitrogens with one attached hydrogen (secondary N) is 1. The van der Waals surface area contributed by atoms with Crippen molar-refractivity contribution in [2.24, 2.45) is 16.8 Å². The number of aliphatic imine (C=N–C) groups is 1. The van der Waals surface area contributed by atoms with Crippen LogP contribution in [0.3, 0.4) is 0 Å². The first-order valence-corrected chi connectivity index (χ1v) is 8.13. The summed E-state index contributed by atoms with van der Waals surface area (Å²) in [5.41, 5.74) is 2.66. The number of benzene rings is 1. The van der Waals surface area contributed by atoms with Crippen LogP contribution in [0.15, 0.2) is 64.8 Å². The number of hydrogen-bond acceptors (Lipinski definition) is 2. The first kappa shape index (κ1) is 16.4. The second-order valence-electron chi connectivity index (χ2n) is 6.05. The number of hydrogen-bond donors (Lipinski definition) is 1. The lowest BCUT2D eigenvalue weighted by Gasteiger charge is -2.29. The van der Waals surface area contributed by atoms with Gasteiger partial charge in [0.1, 0.15) is 0 Å². The van der Waals surface area contributed by atoms with Crippen LogP contribution in [-0.2, 0) is 4.79 Å². The van der Waals surface area contributed by atoms with Crippen molar-refractivity contribution < 1.29 is 9.59 Å². The van der Waals surface area contributed by atoms with Crippen LogP contribution in [0, 0.1) is 11.8 Å². The van der Waals surface area contributed by atoms with Crippen molar-refractivity contribution >= 4 is 29.1 Å². The molecule has 5 heteroatoms. The van der Waals surface area contributed by atoms with E-state index in [1.54, 1.807) is 42.5 Å². The number of rotatable bonds is 2. The molecule has 1 aromatic carbocycles. The molecule has 2 amide bonds. The largest absolute Gasteiger partial charge is 0.325 e. The topological polar surface area (TPSA) is 58.5 Å². The zero-order valence-electron chi connectivity index (χ0n) is 13.4. The first-order valence-electron chi connectivity index (χ1n) is 7.75. The van der Waals surface area contributed by atoms with Crippen LogP contribution >= 0.6 is 11.6 Å². The summed E-state index contributed by atoms with van der Waals surface area (Å²) < 4.78 is 0. The van der Waals surface area contributed by atoms with Crippen LogP contribution in [-0.4, -0.2) is 17.5 Å². The molecular formula is C19H17ClN2O2. The monoisotopic (exact) mass is 340 g/mol. The number of halogens is 1. The van der Waals surface area contributed by atoms with Gasteiger partial charge in [0.05, 0.1) is 16.3 Å². The third kappa shape index (κ3) is 3.24. The molecule has 4 nitrogen and oxygen atoms in total. The minimum absolute atomic E-state index is 0.0251. The lowest BCUT2D eigenvalue weighted by molar-refractivity contribution is -0.116. The lowest BCUT2D eigenvalue weighted by Crippen LogP contribution is -2.34. The fourth-order valence-electron chi connectivity index (χ4n) is 2.83. The molecule has 24 heavy (non-hydrogen) atoms. The van der Waals surface area contributed by atoms with Crippen LogP contribution < -0.4 is 5.32 Å². The Balaban J connectivity index is 1.90. The van der Waals surface area contributed by atoms with Crippen LogP contribution in [0.5, 0.6) is 0 Å². The van der Waals surface area contributed by atoms with Crippen molar-refractivity contribution in [1.82, 2.24) is 5.32 Å². The molecule has 0 saturated heterocycles. The van der Waals surface area contributed by atoms with E-state index in [4.69, 9.17) is 11.6 Å². The SMILES string of the molecule is CC(C)C1=CC(=O)NC2=CC(=NC(=O)c3ccccc3Cl)C=CC21. The molecule has 1 atom stereocenters. The van der Waals surface area contributed by atoms with Crippen LogP contribution in [0.4, 0.5) is 0 Å². The summed E-state index contributed by atoms with van der Waals surface area (Å²) >= 11 is 6.03. The Morgan fingerprint density at radius 1 is 1.25 bits per heavy atom. The van der Waals surface area contributed by atoms with Gasteiger partial charge < -0.3 is 5.32 Å². The fraction of sp³-hybridized carbons (Fsp3) is 0.211. The highest BCUT2D eigenvalue weighted by atomic mass is 35.5. The molecule has 1 aromatic rings. The average molecular weight is 341 g/mol. The van der Waals surface area contributed by atoms with Crippen molar-refractivity contribution in [3.8, 4) is 0 Å². The average Bonchev–Trinajstić information content (AvgIpc) is 2.54. The molecule has 122 valence electrons. The molecule has 0 bridgehead atoms. The van der Waals surface area contributed by atoms with E-state index in [0.717, 1.165) is 11.3 Å². The summed E-state index contributed by atoms with van der Waals surface area (Å²) in [6.07, 6.45) is 7.15. The summed E-state index contributed by atoms with van der Waals surface area (Å²) in [5, 5.41) is 3.20. The quantitative estimate of drug-likeness (QED) is 0.892. The molecule has 0 radical (unpaired) electrons. The van der Waals surface area contributed by atoms with E-state index in [1.807, 2.05) is 6.08 Å². The van der Waals surface area contributed by atoms with Gasteiger partial charge in [0, 0.05) is 17.7 Å². The third-order valence-electron chi connectivity index (χ3n) is 4.02. The highest BCUT2D eigenvalue weighted by Gasteiger charge is 2.27. The Kier molecular flexibility index (Phi) is 4.49. The van der Waals surface area contributed by atoms with Crippen molar-refractivity contribution in [3.63, 3.8) is 0 Å². The van der Waals surface area contributed by atoms with E-state index < -0.39 is 5.91 Å². The van der Waals surface area contributed by atoms with Gasteiger partial charge in [-0.1, -0.05) is 43.7 Å². The molecule has 1 aliphatic carbocycles. The maximum atomic E-state index is 12.3. The Morgan fingerprint density at radius 3 is 2.71 bits per heavy atom. The van der Waals surface area contributed by atoms with Crippen molar-refractivity contribution in [1.29, 1.82) is 0 Å². The number of amides is 2. The number of allylic oxidation sites excluding steroid dienone is 3. The molecule has 1 N–H and O–H groups in total. The van der Waals surface area contributed by atoms with Gasteiger partial charge in [-0.05, 0) is 35.8 Å².